The zero-order valence-corrected chi connectivity index (χ0v) is 5.80. The van der Waals surface area contributed by atoms with Gasteiger partial charge in [-0.3, -0.25) is 4.79 Å². The van der Waals surface area contributed by atoms with E-state index in [-0.39, 0.29) is 39.3 Å². The van der Waals surface area contributed by atoms with Crippen LogP contribution in [0.4, 0.5) is 0 Å². The summed E-state index contributed by atoms with van der Waals surface area (Å²) in [6, 6.07) is 0. The molecule has 0 atom stereocenters. The summed E-state index contributed by atoms with van der Waals surface area (Å²) in [5.74, 6) is -1.31. The van der Waals surface area contributed by atoms with Gasteiger partial charge >= 0.3 is 0 Å². The number of aliphatic hydroxyl groups is 1. The van der Waals surface area contributed by atoms with Crippen molar-refractivity contribution in [2.24, 2.45) is 0 Å². The van der Waals surface area contributed by atoms with Crippen LogP contribution in [0.25, 0.3) is 0 Å². The van der Waals surface area contributed by atoms with Gasteiger partial charge in [0.2, 0.25) is 0 Å². The number of aliphatic hydroxyl groups excluding tert-OH is 1. The van der Waals surface area contributed by atoms with E-state index in [4.69, 9.17) is 15.0 Å². The molecule has 0 aromatic carbocycles. The molecule has 0 unspecified atom stereocenters. The Morgan fingerprint density at radius 1 is 1.67 bits per heavy atom. The molecule has 2 N–H and O–H groups in total. The Kier molecular flexibility index (Phi) is 8.68. The Bertz CT molecular complexity index is 44.1. The van der Waals surface area contributed by atoms with Crippen LogP contribution in [0.1, 0.15) is 0 Å². The smallest absolute Gasteiger partial charge is 0.187 e. The van der Waals surface area contributed by atoms with E-state index in [1.165, 1.54) is 0 Å². The molecule has 0 aliphatic rings. The fraction of sp³-hybridized carbons (Fsp3) is 0. The number of aliphatic carboxylic acids is 1. The maximum atomic E-state index is 9.06. The van der Waals surface area contributed by atoms with Gasteiger partial charge in [-0.05, 0) is 0 Å². The molecular weight excluding hydrogens is 161 g/mol. The van der Waals surface area contributed by atoms with E-state index in [1.807, 2.05) is 0 Å². The van der Waals surface area contributed by atoms with Gasteiger partial charge in [0.05, 0.1) is 0 Å². The minimum atomic E-state index is -1.31. The number of hydrogen-bond acceptors (Lipinski definition) is 2. The molecule has 0 saturated heterocycles. The first kappa shape index (κ1) is 9.64. The summed E-state index contributed by atoms with van der Waals surface area (Å²) in [5.41, 5.74) is 0. The molecule has 0 rings (SSSR count). The number of carboxylic acid groups (broad SMARTS) is 1. The van der Waals surface area contributed by atoms with Crippen molar-refractivity contribution in [2.75, 3.05) is 0 Å². The molecule has 0 aromatic heterocycles. The molecule has 3 nitrogen and oxygen atoms in total. The second kappa shape index (κ2) is 5.40. The summed E-state index contributed by atoms with van der Waals surface area (Å²) in [6.45, 7) is 0.0833. The topological polar surface area (TPSA) is 57.5 Å². The van der Waals surface area contributed by atoms with Crippen molar-refractivity contribution in [3.05, 3.63) is 6.61 Å². The molecule has 6 heavy (non-hydrogen) atoms. The summed E-state index contributed by atoms with van der Waals surface area (Å²) in [6.07, 6.45) is 0. The maximum absolute atomic E-state index is 9.06. The number of rotatable bonds is 1. The van der Waals surface area contributed by atoms with Crippen LogP contribution in [-0.2, 0) is 37.5 Å². The van der Waals surface area contributed by atoms with Crippen LogP contribution in [0.3, 0.4) is 0 Å². The van der Waals surface area contributed by atoms with E-state index in [9.17, 15) is 0 Å². The summed E-state index contributed by atoms with van der Waals surface area (Å²) in [4.78, 5) is 9.06. The van der Waals surface area contributed by atoms with Crippen LogP contribution in [0.5, 0.6) is 0 Å². The average Bonchev–Trinajstić information content (AvgIpc) is 1.38. The SMILES string of the molecule is O=C(O)[CH-]O.[Y]. The van der Waals surface area contributed by atoms with Crippen molar-refractivity contribution in [1.82, 2.24) is 0 Å². The summed E-state index contributed by atoms with van der Waals surface area (Å²) < 4.78 is 0. The predicted octanol–water partition coefficient (Wildman–Crippen LogP) is -0.397. The fourth-order valence-electron chi connectivity index (χ4n) is 0. The van der Waals surface area contributed by atoms with Gasteiger partial charge in [-0.25, -0.2) is 0 Å². The molecule has 0 fully saturated rings. The van der Waals surface area contributed by atoms with Crippen molar-refractivity contribution in [3.63, 3.8) is 0 Å². The van der Waals surface area contributed by atoms with E-state index >= 15 is 0 Å². The van der Waals surface area contributed by atoms with E-state index < -0.39 is 5.97 Å². The van der Waals surface area contributed by atoms with Gasteiger partial charge in [0.15, 0.2) is 5.97 Å². The zero-order chi connectivity index (χ0) is 4.28. The van der Waals surface area contributed by atoms with Gasteiger partial charge < -0.3 is 10.2 Å². The molecule has 0 bridgehead atoms. The zero-order valence-electron chi connectivity index (χ0n) is 2.96. The number of carbonyl (C=O) groups is 1. The van der Waals surface area contributed by atoms with Gasteiger partial charge in [0.25, 0.3) is 0 Å². The van der Waals surface area contributed by atoms with Crippen LogP contribution in [0.15, 0.2) is 0 Å². The Balaban J connectivity index is 0. The van der Waals surface area contributed by atoms with E-state index in [0.29, 0.717) is 0 Å². The first-order valence-electron chi connectivity index (χ1n) is 0.975. The van der Waals surface area contributed by atoms with Crippen LogP contribution in [-0.4, -0.2) is 16.2 Å². The largest absolute Gasteiger partial charge is 0.537 e. The summed E-state index contributed by atoms with van der Waals surface area (Å²) in [7, 11) is 0. The third-order valence-corrected chi connectivity index (χ3v) is 0.110. The molecule has 0 heterocycles. The third kappa shape index (κ3) is 8.83. The molecule has 1 radical (unpaired) electrons. The number of hydrogen-bond donors (Lipinski definition) is 2. The second-order valence-corrected chi connectivity index (χ2v) is 0.467. The van der Waals surface area contributed by atoms with Crippen LogP contribution in [0.2, 0.25) is 0 Å². The van der Waals surface area contributed by atoms with E-state index in [0.717, 1.165) is 0 Å². The Morgan fingerprint density at radius 2 is 1.83 bits per heavy atom. The van der Waals surface area contributed by atoms with Crippen LogP contribution >= 0.6 is 0 Å². The fourth-order valence-corrected chi connectivity index (χ4v) is 0. The van der Waals surface area contributed by atoms with Crippen molar-refractivity contribution in [1.29, 1.82) is 0 Å². The first-order valence-corrected chi connectivity index (χ1v) is 0.975. The molecule has 0 aliphatic carbocycles. The Hall–Kier alpha value is 0.404. The molecule has 0 aromatic rings. The minimum Gasteiger partial charge on any atom is -0.537 e. The molecule has 0 amide bonds. The Morgan fingerprint density at radius 3 is 1.83 bits per heavy atom. The Labute approximate surface area is 60.2 Å². The summed E-state index contributed by atoms with van der Waals surface area (Å²) >= 11 is 0. The summed E-state index contributed by atoms with van der Waals surface area (Å²) in [5, 5.41) is 14.8. The van der Waals surface area contributed by atoms with E-state index in [2.05, 4.69) is 0 Å². The van der Waals surface area contributed by atoms with Gasteiger partial charge in [0, 0.05) is 32.7 Å². The average molecular weight is 164 g/mol. The standard InChI is InChI=1S/C2H3O3.Y/c3-1-2(4)5;/h1,3H,(H,4,5);/q-1;. The quantitative estimate of drug-likeness (QED) is 0.518. The third-order valence-electron chi connectivity index (χ3n) is 0.110. The van der Waals surface area contributed by atoms with Gasteiger partial charge in [-0.2, -0.15) is 6.61 Å². The van der Waals surface area contributed by atoms with Gasteiger partial charge in [-0.1, -0.05) is 0 Å². The molecule has 0 aliphatic heterocycles. The van der Waals surface area contributed by atoms with Crippen LogP contribution < -0.4 is 0 Å². The van der Waals surface area contributed by atoms with Gasteiger partial charge in [0.1, 0.15) is 0 Å². The van der Waals surface area contributed by atoms with Crippen molar-refractivity contribution in [3.8, 4) is 0 Å². The van der Waals surface area contributed by atoms with Crippen LogP contribution in [0, 0.1) is 6.61 Å². The maximum Gasteiger partial charge on any atom is 0.187 e. The molecule has 0 spiro atoms. The van der Waals surface area contributed by atoms with Crippen molar-refractivity contribution in [2.45, 2.75) is 0 Å². The number of carboxylic acids is 1. The van der Waals surface area contributed by atoms with Crippen molar-refractivity contribution < 1.29 is 47.7 Å². The van der Waals surface area contributed by atoms with Gasteiger partial charge in [-0.15, -0.1) is 0 Å². The molecule has 4 heteroatoms. The molecule has 33 valence electrons. The van der Waals surface area contributed by atoms with E-state index in [1.54, 1.807) is 0 Å². The second-order valence-electron chi connectivity index (χ2n) is 0.467. The normalized spacial score (nSPS) is 5.50. The van der Waals surface area contributed by atoms with Crippen molar-refractivity contribution >= 4 is 5.97 Å². The first-order chi connectivity index (χ1) is 2.27. The predicted molar refractivity (Wildman–Crippen MR) is 13.9 cm³/mol. The minimum absolute atomic E-state index is 0. The monoisotopic (exact) mass is 164 g/mol. The molecular formula is C2H3O3Y-. The molecule has 0 saturated carbocycles.